The van der Waals surface area contributed by atoms with Crippen LogP contribution in [0.5, 0.6) is 0 Å². The van der Waals surface area contributed by atoms with Crippen LogP contribution in [0, 0.1) is 5.41 Å². The largest absolute Gasteiger partial charge is 0.459 e. The summed E-state index contributed by atoms with van der Waals surface area (Å²) in [5.74, 6) is -1.42. The first kappa shape index (κ1) is 21.6. The quantitative estimate of drug-likeness (QED) is 0.665. The van der Waals surface area contributed by atoms with E-state index in [1.807, 2.05) is 6.92 Å². The van der Waals surface area contributed by atoms with E-state index in [2.05, 4.69) is 0 Å². The van der Waals surface area contributed by atoms with Crippen LogP contribution >= 0.6 is 0 Å². The summed E-state index contributed by atoms with van der Waals surface area (Å²) in [6.45, 7) is 3.62. The second kappa shape index (κ2) is 7.59. The smallest absolute Gasteiger partial charge is 0.432 e. The molecule has 0 aromatic heterocycles. The lowest BCUT2D eigenvalue weighted by Gasteiger charge is -2.47. The third-order valence-corrected chi connectivity index (χ3v) is 6.46. The summed E-state index contributed by atoms with van der Waals surface area (Å²) in [7, 11) is 0.860. The molecular formula is C22H25F3O4. The van der Waals surface area contributed by atoms with Crippen LogP contribution in [0.15, 0.2) is 41.5 Å². The van der Waals surface area contributed by atoms with Gasteiger partial charge in [-0.05, 0) is 38.2 Å². The molecule has 2 aliphatic carbocycles. The Hall–Kier alpha value is -2.15. The van der Waals surface area contributed by atoms with E-state index in [0.29, 0.717) is 37.7 Å². The monoisotopic (exact) mass is 410 g/mol. The summed E-state index contributed by atoms with van der Waals surface area (Å²) >= 11 is 0. The molecule has 158 valence electrons. The molecule has 3 rings (SSSR count). The molecule has 1 fully saturated rings. The number of hydrogen-bond donors (Lipinski definition) is 0. The van der Waals surface area contributed by atoms with Gasteiger partial charge < -0.3 is 9.47 Å². The van der Waals surface area contributed by atoms with Crippen molar-refractivity contribution in [2.24, 2.45) is 5.41 Å². The van der Waals surface area contributed by atoms with Crippen molar-refractivity contribution < 1.29 is 32.2 Å². The number of carbonyl (C=O) groups excluding carboxylic acids is 2. The Labute approximate surface area is 168 Å². The number of hydrogen-bond acceptors (Lipinski definition) is 4. The van der Waals surface area contributed by atoms with Gasteiger partial charge in [-0.15, -0.1) is 0 Å². The standard InChI is InChI=1S/C22H25F3O4/c1-14-16-10-7-11-18(20(16,2)13-12-17(14)26)29-19(27)21(28-3,22(23,24)25)15-8-5-4-6-9-15/h4-6,8-9,18H,7,10-13H2,1-3H3/t18-,20-,21?/m0/s1. The fourth-order valence-electron chi connectivity index (χ4n) is 4.71. The summed E-state index contributed by atoms with van der Waals surface area (Å²) in [5.41, 5.74) is -2.63. The molecule has 1 unspecified atom stereocenters. The van der Waals surface area contributed by atoms with Crippen molar-refractivity contribution in [3.63, 3.8) is 0 Å². The van der Waals surface area contributed by atoms with Crippen molar-refractivity contribution in [3.8, 4) is 0 Å². The molecule has 2 aliphatic rings. The molecule has 7 heteroatoms. The predicted molar refractivity (Wildman–Crippen MR) is 100.0 cm³/mol. The number of carbonyl (C=O) groups is 2. The van der Waals surface area contributed by atoms with Gasteiger partial charge in [-0.1, -0.05) is 42.8 Å². The average Bonchev–Trinajstić information content (AvgIpc) is 2.67. The van der Waals surface area contributed by atoms with Crippen LogP contribution in [-0.2, 0) is 24.7 Å². The van der Waals surface area contributed by atoms with E-state index >= 15 is 0 Å². The Morgan fingerprint density at radius 3 is 2.41 bits per heavy atom. The van der Waals surface area contributed by atoms with Gasteiger partial charge in [0.2, 0.25) is 0 Å². The molecule has 0 amide bonds. The Morgan fingerprint density at radius 2 is 1.83 bits per heavy atom. The maximum absolute atomic E-state index is 14.1. The van der Waals surface area contributed by atoms with Gasteiger partial charge in [0, 0.05) is 24.5 Å². The van der Waals surface area contributed by atoms with Crippen molar-refractivity contribution in [1.29, 1.82) is 0 Å². The highest BCUT2D eigenvalue weighted by atomic mass is 19.4. The van der Waals surface area contributed by atoms with E-state index < -0.39 is 29.3 Å². The SMILES string of the molecule is COC(C(=O)O[C@H]1CCCC2=C(C)C(=O)CC[C@@]21C)(c1ccccc1)C(F)(F)F. The number of fused-ring (bicyclic) bond motifs is 1. The molecule has 0 N–H and O–H groups in total. The highest BCUT2D eigenvalue weighted by Crippen LogP contribution is 2.51. The van der Waals surface area contributed by atoms with E-state index in [0.717, 1.165) is 12.7 Å². The number of ether oxygens (including phenoxy) is 2. The van der Waals surface area contributed by atoms with Crippen LogP contribution in [-0.4, -0.2) is 31.1 Å². The molecule has 1 aromatic carbocycles. The van der Waals surface area contributed by atoms with E-state index in [-0.39, 0.29) is 11.3 Å². The maximum atomic E-state index is 14.1. The molecule has 0 spiro atoms. The zero-order chi connectivity index (χ0) is 21.4. The summed E-state index contributed by atoms with van der Waals surface area (Å²) in [5, 5.41) is 0. The fraction of sp³-hybridized carbons (Fsp3) is 0.545. The molecular weight excluding hydrogens is 385 g/mol. The Balaban J connectivity index is 2.00. The summed E-state index contributed by atoms with van der Waals surface area (Å²) in [6, 6.07) is 6.81. The highest BCUT2D eigenvalue weighted by Gasteiger charge is 2.65. The molecule has 0 bridgehead atoms. The van der Waals surface area contributed by atoms with Gasteiger partial charge >= 0.3 is 12.1 Å². The lowest BCUT2D eigenvalue weighted by molar-refractivity contribution is -0.280. The number of ketones is 1. The Morgan fingerprint density at radius 1 is 1.17 bits per heavy atom. The third-order valence-electron chi connectivity index (χ3n) is 6.46. The van der Waals surface area contributed by atoms with E-state index in [1.165, 1.54) is 24.3 Å². The van der Waals surface area contributed by atoms with Crippen LogP contribution in [0.25, 0.3) is 0 Å². The van der Waals surface area contributed by atoms with Crippen LogP contribution in [0.1, 0.15) is 51.5 Å². The molecule has 0 radical (unpaired) electrons. The lowest BCUT2D eigenvalue weighted by atomic mass is 9.62. The number of alkyl halides is 3. The molecule has 3 atom stereocenters. The number of methoxy groups -OCH3 is 1. The predicted octanol–water partition coefficient (Wildman–Crippen LogP) is 4.87. The second-order valence-corrected chi connectivity index (χ2v) is 7.98. The van der Waals surface area contributed by atoms with Gasteiger partial charge in [-0.3, -0.25) is 4.79 Å². The van der Waals surface area contributed by atoms with Crippen molar-refractivity contribution >= 4 is 11.8 Å². The molecule has 0 heterocycles. The molecule has 1 aromatic rings. The minimum Gasteiger partial charge on any atom is -0.459 e. The molecule has 0 aliphatic heterocycles. The first-order chi connectivity index (χ1) is 13.6. The van der Waals surface area contributed by atoms with Crippen molar-refractivity contribution in [2.75, 3.05) is 7.11 Å². The van der Waals surface area contributed by atoms with Gasteiger partial charge in [-0.25, -0.2) is 4.79 Å². The van der Waals surface area contributed by atoms with Crippen LogP contribution in [0.2, 0.25) is 0 Å². The van der Waals surface area contributed by atoms with Gasteiger partial charge in [0.1, 0.15) is 6.10 Å². The lowest BCUT2D eigenvalue weighted by Crippen LogP contribution is -2.54. The van der Waals surface area contributed by atoms with E-state index in [4.69, 9.17) is 9.47 Å². The number of rotatable bonds is 4. The number of benzene rings is 1. The van der Waals surface area contributed by atoms with Gasteiger partial charge in [-0.2, -0.15) is 13.2 Å². The van der Waals surface area contributed by atoms with Crippen molar-refractivity contribution in [3.05, 3.63) is 47.0 Å². The summed E-state index contributed by atoms with van der Waals surface area (Å²) < 4.78 is 52.8. The zero-order valence-electron chi connectivity index (χ0n) is 16.8. The molecule has 29 heavy (non-hydrogen) atoms. The number of esters is 1. The van der Waals surface area contributed by atoms with Gasteiger partial charge in [0.15, 0.2) is 5.78 Å². The van der Waals surface area contributed by atoms with Crippen LogP contribution < -0.4 is 0 Å². The van der Waals surface area contributed by atoms with Gasteiger partial charge in [0.05, 0.1) is 0 Å². The Kier molecular flexibility index (Phi) is 5.64. The minimum absolute atomic E-state index is 0.0512. The van der Waals surface area contributed by atoms with Gasteiger partial charge in [0.25, 0.3) is 5.60 Å². The normalized spacial score (nSPS) is 27.2. The first-order valence-corrected chi connectivity index (χ1v) is 9.70. The van der Waals surface area contributed by atoms with Crippen molar-refractivity contribution in [1.82, 2.24) is 0 Å². The maximum Gasteiger partial charge on any atom is 0.432 e. The number of Topliss-reactive ketones (excluding diaryl/α,β-unsaturated/α-hetero) is 1. The minimum atomic E-state index is -5.01. The first-order valence-electron chi connectivity index (χ1n) is 9.70. The zero-order valence-corrected chi connectivity index (χ0v) is 16.8. The summed E-state index contributed by atoms with van der Waals surface area (Å²) in [4.78, 5) is 25.1. The topological polar surface area (TPSA) is 52.6 Å². The number of halogens is 3. The highest BCUT2D eigenvalue weighted by molar-refractivity contribution is 5.97. The van der Waals surface area contributed by atoms with Crippen LogP contribution in [0.4, 0.5) is 13.2 Å². The van der Waals surface area contributed by atoms with Crippen molar-refractivity contribution in [2.45, 2.75) is 63.8 Å². The molecule has 4 nitrogen and oxygen atoms in total. The third kappa shape index (κ3) is 3.39. The molecule has 1 saturated carbocycles. The summed E-state index contributed by atoms with van der Waals surface area (Å²) in [6.07, 6.45) is -3.23. The average molecular weight is 410 g/mol. The van der Waals surface area contributed by atoms with E-state index in [1.54, 1.807) is 13.0 Å². The number of allylic oxidation sites excluding steroid dienone is 1. The fourth-order valence-corrected chi connectivity index (χ4v) is 4.71. The van der Waals surface area contributed by atoms with Crippen LogP contribution in [0.3, 0.4) is 0 Å². The Bertz CT molecular complexity index is 830. The van der Waals surface area contributed by atoms with E-state index in [9.17, 15) is 22.8 Å². The second-order valence-electron chi connectivity index (χ2n) is 7.98. The molecule has 0 saturated heterocycles.